The third kappa shape index (κ3) is 14.7. The minimum absolute atomic E-state index is 0.00734. The number of nitrogens with two attached hydrogens (primary N) is 1. The number of para-hydroxylation sites is 1. The summed E-state index contributed by atoms with van der Waals surface area (Å²) in [5, 5.41) is 23.2. The van der Waals surface area contributed by atoms with Crippen LogP contribution in [0.5, 0.6) is 0 Å². The van der Waals surface area contributed by atoms with Crippen molar-refractivity contribution in [3.8, 4) is 0 Å². The number of likely N-dealkylation sites (N-methyl/N-ethyl adjacent to an activating group) is 1. The van der Waals surface area contributed by atoms with Crippen molar-refractivity contribution in [3.63, 3.8) is 0 Å². The number of hydrogen-bond donors (Lipinski definition) is 8. The SMILES string of the molecule is C[C@@H]1NC(=O)[C@H](CC(=O)O)NC(=O)CNC(=O)[C@H](CCCC[N+]2(C)CCOCC2)NC(=O)CCSSCC(C(N)=O)NC(=O)[C@H](C)N(CCc2c[nH]c3ccccc23)C1=O. The first-order valence-corrected chi connectivity index (χ1v) is 22.5. The number of nitrogens with one attached hydrogen (secondary N) is 6. The number of primary amides is 1. The average Bonchev–Trinajstić information content (AvgIpc) is 3.62. The number of ether oxygens (including phenoxy) is 1. The van der Waals surface area contributed by atoms with Crippen LogP contribution in [0.1, 0.15) is 51.5 Å². The van der Waals surface area contributed by atoms with Gasteiger partial charge in [-0.15, -0.1) is 0 Å². The van der Waals surface area contributed by atoms with E-state index in [9.17, 15) is 43.5 Å². The molecular weight excluding hydrogens is 819 g/mol. The number of carboxylic acid groups (broad SMARTS) is 1. The van der Waals surface area contributed by atoms with Gasteiger partial charge >= 0.3 is 5.97 Å². The molecule has 3 heterocycles. The highest BCUT2D eigenvalue weighted by molar-refractivity contribution is 8.76. The molecule has 0 bridgehead atoms. The Kier molecular flexibility index (Phi) is 18.5. The van der Waals surface area contributed by atoms with E-state index in [0.717, 1.165) is 47.0 Å². The van der Waals surface area contributed by atoms with Crippen molar-refractivity contribution in [3.05, 3.63) is 36.0 Å². The van der Waals surface area contributed by atoms with Crippen LogP contribution in [0.25, 0.3) is 10.9 Å². The van der Waals surface area contributed by atoms with Crippen LogP contribution >= 0.6 is 21.6 Å². The Bertz CT molecular complexity index is 1860. The smallest absolute Gasteiger partial charge is 0.305 e. The van der Waals surface area contributed by atoms with Crippen LogP contribution < -0.4 is 32.3 Å². The summed E-state index contributed by atoms with van der Waals surface area (Å²) in [5.74, 6) is -6.18. The number of benzene rings is 1. The summed E-state index contributed by atoms with van der Waals surface area (Å²) < 4.78 is 6.31. The molecule has 9 N–H and O–H groups in total. The Hall–Kier alpha value is -4.86. The lowest BCUT2D eigenvalue weighted by molar-refractivity contribution is -0.917. The average molecular weight is 877 g/mol. The molecular formula is C39H58N9O10S2+. The van der Waals surface area contributed by atoms with Crippen molar-refractivity contribution >= 4 is 79.8 Å². The van der Waals surface area contributed by atoms with Gasteiger partial charge in [-0.25, -0.2) is 0 Å². The number of aromatic amines is 1. The predicted molar refractivity (Wildman–Crippen MR) is 226 cm³/mol. The number of hydrogen-bond acceptors (Lipinski definition) is 11. The predicted octanol–water partition coefficient (Wildman–Crippen LogP) is -0.605. The van der Waals surface area contributed by atoms with Crippen LogP contribution in [0.3, 0.4) is 0 Å². The third-order valence-corrected chi connectivity index (χ3v) is 13.1. The van der Waals surface area contributed by atoms with Gasteiger partial charge in [0, 0.05) is 41.6 Å². The van der Waals surface area contributed by atoms with Gasteiger partial charge in [-0.2, -0.15) is 0 Å². The van der Waals surface area contributed by atoms with Gasteiger partial charge in [0.2, 0.25) is 41.4 Å². The molecule has 19 nitrogen and oxygen atoms in total. The summed E-state index contributed by atoms with van der Waals surface area (Å²) in [7, 11) is 4.63. The van der Waals surface area contributed by atoms with E-state index in [-0.39, 0.29) is 25.1 Å². The van der Waals surface area contributed by atoms with Gasteiger partial charge in [0.25, 0.3) is 0 Å². The molecule has 1 aromatic carbocycles. The number of rotatable bonds is 11. The van der Waals surface area contributed by atoms with E-state index in [2.05, 4.69) is 38.6 Å². The Morgan fingerprint density at radius 2 is 1.63 bits per heavy atom. The molecule has 1 unspecified atom stereocenters. The van der Waals surface area contributed by atoms with E-state index in [1.54, 1.807) is 6.20 Å². The molecule has 0 aliphatic carbocycles. The van der Waals surface area contributed by atoms with E-state index < -0.39 is 90.5 Å². The first-order valence-electron chi connectivity index (χ1n) is 20.1. The van der Waals surface area contributed by atoms with Gasteiger partial charge < -0.3 is 56.5 Å². The second-order valence-electron chi connectivity index (χ2n) is 15.3. The highest BCUT2D eigenvalue weighted by Crippen LogP contribution is 2.23. The lowest BCUT2D eigenvalue weighted by Crippen LogP contribution is -2.59. The number of aliphatic carboxylic acids is 1. The van der Waals surface area contributed by atoms with Crippen LogP contribution in [0.2, 0.25) is 0 Å². The van der Waals surface area contributed by atoms with Gasteiger partial charge in [-0.3, -0.25) is 38.4 Å². The molecule has 2 aromatic rings. The second-order valence-corrected chi connectivity index (χ2v) is 17.9. The minimum atomic E-state index is -1.64. The van der Waals surface area contributed by atoms with Gasteiger partial charge in [-0.1, -0.05) is 39.8 Å². The molecule has 21 heteroatoms. The molecule has 1 aromatic heterocycles. The normalized spacial score (nSPS) is 24.7. The lowest BCUT2D eigenvalue weighted by atomic mass is 10.1. The van der Waals surface area contributed by atoms with Crippen LogP contribution in [0.4, 0.5) is 0 Å². The maximum atomic E-state index is 14.1. The van der Waals surface area contributed by atoms with Gasteiger partial charge in [-0.05, 0) is 51.2 Å². The molecule has 0 radical (unpaired) electrons. The number of H-pyrrole nitrogens is 1. The number of morpholine rings is 1. The molecule has 5 atom stereocenters. The molecule has 2 saturated heterocycles. The number of carboxylic acids is 1. The number of nitrogens with zero attached hydrogens (tertiary/aromatic N) is 2. The maximum Gasteiger partial charge on any atom is 0.305 e. The second kappa shape index (κ2) is 23.2. The maximum absolute atomic E-state index is 14.1. The van der Waals surface area contributed by atoms with E-state index in [1.165, 1.54) is 40.3 Å². The van der Waals surface area contributed by atoms with Crippen molar-refractivity contribution in [1.82, 2.24) is 36.5 Å². The summed E-state index contributed by atoms with van der Waals surface area (Å²) in [4.78, 5) is 109. The van der Waals surface area contributed by atoms with Crippen molar-refractivity contribution in [1.29, 1.82) is 0 Å². The number of carbonyl (C=O) groups excluding carboxylic acids is 7. The molecule has 0 saturated carbocycles. The number of unbranched alkanes of at least 4 members (excludes halogenated alkanes) is 1. The van der Waals surface area contributed by atoms with E-state index in [4.69, 9.17) is 10.5 Å². The first kappa shape index (κ1) is 47.8. The molecule has 0 spiro atoms. The number of quaternary nitrogens is 1. The molecule has 2 aliphatic heterocycles. The number of aromatic nitrogens is 1. The summed E-state index contributed by atoms with van der Waals surface area (Å²) in [6.45, 7) is 6.16. The first-order chi connectivity index (χ1) is 28.6. The Balaban J connectivity index is 1.53. The van der Waals surface area contributed by atoms with Crippen molar-refractivity contribution < 1.29 is 52.7 Å². The minimum Gasteiger partial charge on any atom is -0.481 e. The fraction of sp³-hybridized carbons (Fsp3) is 0.590. The van der Waals surface area contributed by atoms with Crippen LogP contribution in [-0.4, -0.2) is 161 Å². The highest BCUT2D eigenvalue weighted by Gasteiger charge is 2.34. The van der Waals surface area contributed by atoms with Crippen molar-refractivity contribution in [2.24, 2.45) is 5.73 Å². The van der Waals surface area contributed by atoms with Crippen LogP contribution in [0.15, 0.2) is 30.5 Å². The zero-order valence-electron chi connectivity index (χ0n) is 34.3. The van der Waals surface area contributed by atoms with Crippen molar-refractivity contribution in [2.75, 3.05) is 64.5 Å². The van der Waals surface area contributed by atoms with E-state index in [0.29, 0.717) is 31.8 Å². The monoisotopic (exact) mass is 876 g/mol. The molecule has 60 heavy (non-hydrogen) atoms. The number of carbonyl (C=O) groups is 8. The highest BCUT2D eigenvalue weighted by atomic mass is 33.1. The zero-order valence-corrected chi connectivity index (χ0v) is 35.9. The Labute approximate surface area is 356 Å². The summed E-state index contributed by atoms with van der Waals surface area (Å²) in [6.07, 6.45) is 2.91. The Morgan fingerprint density at radius 3 is 2.35 bits per heavy atom. The fourth-order valence-corrected chi connectivity index (χ4v) is 9.11. The van der Waals surface area contributed by atoms with Gasteiger partial charge in [0.15, 0.2) is 0 Å². The van der Waals surface area contributed by atoms with E-state index >= 15 is 0 Å². The van der Waals surface area contributed by atoms with Gasteiger partial charge in [0.05, 0.1) is 39.8 Å². The fourth-order valence-electron chi connectivity index (χ4n) is 6.94. The number of amides is 7. The third-order valence-electron chi connectivity index (χ3n) is 10.6. The van der Waals surface area contributed by atoms with E-state index in [1.807, 2.05) is 24.3 Å². The van der Waals surface area contributed by atoms with Gasteiger partial charge in [0.1, 0.15) is 43.3 Å². The quantitative estimate of drug-likeness (QED) is 0.0799. The summed E-state index contributed by atoms with van der Waals surface area (Å²) in [6, 6.07) is 1.31. The topological polar surface area (TPSA) is 271 Å². The molecule has 2 fully saturated rings. The molecule has 4 rings (SSSR count). The number of fused-ring (bicyclic) bond motifs is 1. The van der Waals surface area contributed by atoms with Crippen LogP contribution in [-0.2, 0) is 49.5 Å². The lowest BCUT2D eigenvalue weighted by Gasteiger charge is -2.37. The zero-order chi connectivity index (χ0) is 43.8. The Morgan fingerprint density at radius 1 is 0.917 bits per heavy atom. The summed E-state index contributed by atoms with van der Waals surface area (Å²) in [5.41, 5.74) is 7.39. The van der Waals surface area contributed by atoms with Crippen LogP contribution in [0, 0.1) is 0 Å². The molecule has 7 amide bonds. The molecule has 330 valence electrons. The largest absolute Gasteiger partial charge is 0.481 e. The standard InChI is InChI=1S/C39H57N9O10S2/c1-24-39(57)47(13-11-26-21-41-28-9-5-4-8-27(26)28)25(2)36(54)46-31(35(40)53)23-60-59-19-12-32(49)44-29(10-6-7-14-48(3)15-17-58-18-16-48)37(55)42-22-33(50)45-30(20-34(51)52)38(56)43-24/h4-5,8-9,21,24-25,29-31,41H,6-7,10-20,22-23H2,1-3H3,(H7-,40,42,43,44,45,46,49,50,51,52,53,54,55,56)/p+1/t24-,25-,29-,30-,31?/m0/s1. The molecule has 2 aliphatic rings. The summed E-state index contributed by atoms with van der Waals surface area (Å²) >= 11 is 0. The van der Waals surface area contributed by atoms with Crippen molar-refractivity contribution in [2.45, 2.75) is 82.6 Å².